The Kier molecular flexibility index (Phi) is 3.21. The number of nitrogens with zero attached hydrogens (tertiary/aromatic N) is 3. The second-order valence-corrected chi connectivity index (χ2v) is 5.35. The van der Waals surface area contributed by atoms with Crippen LogP contribution in [0.3, 0.4) is 0 Å². The number of nitrogens with one attached hydrogen (secondary N) is 1. The lowest BCUT2D eigenvalue weighted by Crippen LogP contribution is -2.01. The highest BCUT2D eigenvalue weighted by atomic mass is 79.9. The van der Waals surface area contributed by atoms with E-state index >= 15 is 0 Å². The van der Waals surface area contributed by atoms with Crippen LogP contribution in [0, 0.1) is 0 Å². The monoisotopic (exact) mass is 320 g/mol. The predicted octanol–water partition coefficient (Wildman–Crippen LogP) is 3.46. The quantitative estimate of drug-likeness (QED) is 0.803. The van der Waals surface area contributed by atoms with Gasteiger partial charge in [0, 0.05) is 22.2 Å². The second kappa shape index (κ2) is 4.99. The minimum Gasteiger partial charge on any atom is -0.378 e. The standard InChI is InChI=1S/C12H9BrN4S/c13-8-3-11-12(16-4-8)10(1-2-14-11)15-5-9-6-18-7-17-9/h1-4,6-7H,5H2,(H,14,15). The predicted molar refractivity (Wildman–Crippen MR) is 76.7 cm³/mol. The van der Waals surface area contributed by atoms with E-state index in [1.54, 1.807) is 23.7 Å². The van der Waals surface area contributed by atoms with Gasteiger partial charge in [-0.15, -0.1) is 11.3 Å². The van der Waals surface area contributed by atoms with Crippen molar-refractivity contribution in [2.24, 2.45) is 0 Å². The zero-order chi connectivity index (χ0) is 12.4. The average molecular weight is 321 g/mol. The summed E-state index contributed by atoms with van der Waals surface area (Å²) in [6, 6.07) is 3.88. The Labute approximate surface area is 116 Å². The third kappa shape index (κ3) is 2.34. The highest BCUT2D eigenvalue weighted by Gasteiger charge is 2.04. The van der Waals surface area contributed by atoms with E-state index < -0.39 is 0 Å². The molecule has 3 rings (SSSR count). The summed E-state index contributed by atoms with van der Waals surface area (Å²) < 4.78 is 0.930. The first-order chi connectivity index (χ1) is 8.83. The second-order valence-electron chi connectivity index (χ2n) is 3.71. The minimum atomic E-state index is 0.695. The van der Waals surface area contributed by atoms with Gasteiger partial charge in [-0.1, -0.05) is 0 Å². The highest BCUT2D eigenvalue weighted by molar-refractivity contribution is 9.10. The molecule has 0 bridgehead atoms. The third-order valence-corrected chi connectivity index (χ3v) is 3.56. The summed E-state index contributed by atoms with van der Waals surface area (Å²) in [6.45, 7) is 0.695. The topological polar surface area (TPSA) is 50.7 Å². The van der Waals surface area contributed by atoms with E-state index in [0.29, 0.717) is 6.54 Å². The van der Waals surface area contributed by atoms with Crippen molar-refractivity contribution in [1.82, 2.24) is 15.0 Å². The zero-order valence-corrected chi connectivity index (χ0v) is 11.7. The fourth-order valence-corrected chi connectivity index (χ4v) is 2.54. The SMILES string of the molecule is Brc1cnc2c(NCc3cscn3)ccnc2c1. The highest BCUT2D eigenvalue weighted by Crippen LogP contribution is 2.22. The van der Waals surface area contributed by atoms with Crippen LogP contribution in [0.4, 0.5) is 5.69 Å². The van der Waals surface area contributed by atoms with Gasteiger partial charge in [0.15, 0.2) is 0 Å². The van der Waals surface area contributed by atoms with Crippen LogP contribution >= 0.6 is 27.3 Å². The van der Waals surface area contributed by atoms with Gasteiger partial charge in [0.05, 0.1) is 29.0 Å². The smallest absolute Gasteiger partial charge is 0.112 e. The maximum absolute atomic E-state index is 4.39. The van der Waals surface area contributed by atoms with Gasteiger partial charge in [0.1, 0.15) is 5.52 Å². The molecule has 4 nitrogen and oxygen atoms in total. The molecule has 0 radical (unpaired) electrons. The fourth-order valence-electron chi connectivity index (χ4n) is 1.66. The maximum atomic E-state index is 4.39. The van der Waals surface area contributed by atoms with E-state index in [4.69, 9.17) is 0 Å². The van der Waals surface area contributed by atoms with Gasteiger partial charge in [-0.2, -0.15) is 0 Å². The third-order valence-electron chi connectivity index (χ3n) is 2.49. The molecular weight excluding hydrogens is 312 g/mol. The first-order valence-electron chi connectivity index (χ1n) is 5.34. The van der Waals surface area contributed by atoms with E-state index in [1.165, 1.54) is 0 Å². The fraction of sp³-hybridized carbons (Fsp3) is 0.0833. The number of halogens is 1. The lowest BCUT2D eigenvalue weighted by molar-refractivity contribution is 1.07. The van der Waals surface area contributed by atoms with Gasteiger partial charge in [-0.25, -0.2) is 4.98 Å². The van der Waals surface area contributed by atoms with Crippen molar-refractivity contribution in [2.75, 3.05) is 5.32 Å². The normalized spacial score (nSPS) is 10.7. The number of anilines is 1. The van der Waals surface area contributed by atoms with Crippen molar-refractivity contribution >= 4 is 44.0 Å². The molecule has 0 unspecified atom stereocenters. The van der Waals surface area contributed by atoms with Crippen molar-refractivity contribution in [3.8, 4) is 0 Å². The van der Waals surface area contributed by atoms with E-state index in [-0.39, 0.29) is 0 Å². The molecular formula is C12H9BrN4S. The van der Waals surface area contributed by atoms with Crippen LogP contribution in [0.2, 0.25) is 0 Å². The van der Waals surface area contributed by atoms with Crippen molar-refractivity contribution in [1.29, 1.82) is 0 Å². The molecule has 1 N–H and O–H groups in total. The number of thiazole rings is 1. The molecule has 0 amide bonds. The summed E-state index contributed by atoms with van der Waals surface area (Å²) >= 11 is 4.99. The van der Waals surface area contributed by atoms with Crippen LogP contribution in [-0.2, 0) is 6.54 Å². The van der Waals surface area contributed by atoms with Crippen LogP contribution in [0.15, 0.2) is 39.9 Å². The Morgan fingerprint density at radius 3 is 3.06 bits per heavy atom. The lowest BCUT2D eigenvalue weighted by Gasteiger charge is -2.07. The average Bonchev–Trinajstić information content (AvgIpc) is 2.89. The van der Waals surface area contributed by atoms with Crippen molar-refractivity contribution in [3.63, 3.8) is 0 Å². The van der Waals surface area contributed by atoms with E-state index in [1.807, 2.05) is 23.0 Å². The van der Waals surface area contributed by atoms with Crippen LogP contribution in [-0.4, -0.2) is 15.0 Å². The van der Waals surface area contributed by atoms with Crippen molar-refractivity contribution in [3.05, 3.63) is 45.6 Å². The summed E-state index contributed by atoms with van der Waals surface area (Å²) in [7, 11) is 0. The van der Waals surface area contributed by atoms with Crippen molar-refractivity contribution in [2.45, 2.75) is 6.54 Å². The maximum Gasteiger partial charge on any atom is 0.112 e. The molecule has 0 aliphatic rings. The molecule has 3 aromatic heterocycles. The molecule has 0 saturated heterocycles. The summed E-state index contributed by atoms with van der Waals surface area (Å²) in [5.74, 6) is 0. The largest absolute Gasteiger partial charge is 0.378 e. The summed E-state index contributed by atoms with van der Waals surface area (Å²) in [6.07, 6.45) is 3.55. The number of hydrogen-bond donors (Lipinski definition) is 1. The van der Waals surface area contributed by atoms with Crippen molar-refractivity contribution < 1.29 is 0 Å². The molecule has 0 spiro atoms. The molecule has 0 aliphatic heterocycles. The Balaban J connectivity index is 1.92. The minimum absolute atomic E-state index is 0.695. The summed E-state index contributed by atoms with van der Waals surface area (Å²) in [4.78, 5) is 12.9. The summed E-state index contributed by atoms with van der Waals surface area (Å²) in [5, 5.41) is 5.36. The Morgan fingerprint density at radius 2 is 2.22 bits per heavy atom. The van der Waals surface area contributed by atoms with Crippen LogP contribution < -0.4 is 5.32 Å². The molecule has 0 atom stereocenters. The number of fused-ring (bicyclic) bond motifs is 1. The Hall–Kier alpha value is -1.53. The number of pyridine rings is 2. The van der Waals surface area contributed by atoms with Gasteiger partial charge in [-0.05, 0) is 28.1 Å². The number of aromatic nitrogens is 3. The van der Waals surface area contributed by atoms with Gasteiger partial charge < -0.3 is 5.32 Å². The van der Waals surface area contributed by atoms with E-state index in [0.717, 1.165) is 26.9 Å². The first-order valence-corrected chi connectivity index (χ1v) is 7.08. The van der Waals surface area contributed by atoms with Gasteiger partial charge in [0.25, 0.3) is 0 Å². The molecule has 0 saturated carbocycles. The zero-order valence-electron chi connectivity index (χ0n) is 9.30. The van der Waals surface area contributed by atoms with Gasteiger partial charge in [0.2, 0.25) is 0 Å². The Bertz CT molecular complexity index is 669. The first kappa shape index (κ1) is 11.6. The molecule has 0 fully saturated rings. The van der Waals surface area contributed by atoms with Gasteiger partial charge in [-0.3, -0.25) is 9.97 Å². The van der Waals surface area contributed by atoms with Crippen LogP contribution in [0.25, 0.3) is 11.0 Å². The van der Waals surface area contributed by atoms with Crippen LogP contribution in [0.5, 0.6) is 0 Å². The summed E-state index contributed by atoms with van der Waals surface area (Å²) in [5.41, 5.74) is 5.57. The Morgan fingerprint density at radius 1 is 1.28 bits per heavy atom. The molecule has 0 aliphatic carbocycles. The van der Waals surface area contributed by atoms with E-state index in [9.17, 15) is 0 Å². The lowest BCUT2D eigenvalue weighted by atomic mass is 10.3. The number of hydrogen-bond acceptors (Lipinski definition) is 5. The molecule has 18 heavy (non-hydrogen) atoms. The number of rotatable bonds is 3. The van der Waals surface area contributed by atoms with E-state index in [2.05, 4.69) is 36.2 Å². The molecule has 6 heteroatoms. The molecule has 3 heterocycles. The molecule has 90 valence electrons. The van der Waals surface area contributed by atoms with Gasteiger partial charge >= 0.3 is 0 Å². The van der Waals surface area contributed by atoms with Crippen LogP contribution in [0.1, 0.15) is 5.69 Å². The molecule has 0 aromatic carbocycles. The molecule has 3 aromatic rings.